The third-order valence-corrected chi connectivity index (χ3v) is 5.95. The normalized spacial score (nSPS) is 14.9. The van der Waals surface area contributed by atoms with Crippen LogP contribution in [0.4, 0.5) is 5.69 Å². The van der Waals surface area contributed by atoms with Gasteiger partial charge in [-0.3, -0.25) is 0 Å². The van der Waals surface area contributed by atoms with Gasteiger partial charge in [-0.2, -0.15) is 5.10 Å². The van der Waals surface area contributed by atoms with E-state index in [0.717, 1.165) is 39.3 Å². The first-order valence-electron chi connectivity index (χ1n) is 7.58. The van der Waals surface area contributed by atoms with Crippen LogP contribution in [0.3, 0.4) is 0 Å². The van der Waals surface area contributed by atoms with E-state index in [4.69, 9.17) is 11.5 Å². The van der Waals surface area contributed by atoms with Crippen LogP contribution in [0.1, 0.15) is 17.5 Å². The first-order chi connectivity index (χ1) is 11.5. The molecule has 24 heavy (non-hydrogen) atoms. The number of thiazole rings is 1. The molecule has 1 saturated heterocycles. The summed E-state index contributed by atoms with van der Waals surface area (Å²) in [7, 11) is 0. The summed E-state index contributed by atoms with van der Waals surface area (Å²) in [4.78, 5) is 8.05. The van der Waals surface area contributed by atoms with Gasteiger partial charge in [0, 0.05) is 23.5 Å². The number of hydrogen-bond acceptors (Lipinski definition) is 6. The largest absolute Gasteiger partial charge is 0.369 e. The highest BCUT2D eigenvalue weighted by Crippen LogP contribution is 2.31. The topological polar surface area (TPSA) is 92.9 Å². The van der Waals surface area contributed by atoms with Crippen molar-refractivity contribution in [3.63, 3.8) is 0 Å². The third-order valence-electron chi connectivity index (χ3n) is 3.67. The van der Waals surface area contributed by atoms with Crippen LogP contribution in [-0.4, -0.2) is 34.8 Å². The molecular weight excluding hydrogens is 340 g/mol. The molecule has 3 rings (SSSR count). The molecule has 0 amide bonds. The number of aryl methyl sites for hydroxylation is 1. The van der Waals surface area contributed by atoms with E-state index in [1.54, 1.807) is 11.3 Å². The first-order valence-corrected chi connectivity index (χ1v) is 9.56. The molecule has 6 nitrogen and oxygen atoms in total. The van der Waals surface area contributed by atoms with Gasteiger partial charge in [0.2, 0.25) is 5.96 Å². The number of aromatic nitrogens is 1. The Hall–Kier alpha value is -2.06. The SMILES string of the molecule is C/C(=N\N=C(N)N)c1sc(-c2ccc(N3CCSC3)cc2)nc1C. The standard InChI is InChI=1S/C16H20N6S2/c1-10-14(11(2)20-21-16(17)18)24-15(19-10)12-3-5-13(6-4-12)22-7-8-23-9-22/h3-6H,7-9H2,1-2H3,(H4,17,18,21)/b20-11+. The number of hydrogen-bond donors (Lipinski definition) is 2. The Morgan fingerprint density at radius 3 is 2.58 bits per heavy atom. The molecular formula is C16H20N6S2. The maximum atomic E-state index is 5.32. The van der Waals surface area contributed by atoms with Crippen molar-refractivity contribution in [2.75, 3.05) is 23.1 Å². The Labute approximate surface area is 149 Å². The lowest BCUT2D eigenvalue weighted by atomic mass is 10.2. The monoisotopic (exact) mass is 360 g/mol. The van der Waals surface area contributed by atoms with Crippen LogP contribution in [-0.2, 0) is 0 Å². The maximum Gasteiger partial charge on any atom is 0.211 e. The van der Waals surface area contributed by atoms with Crippen molar-refractivity contribution < 1.29 is 0 Å². The van der Waals surface area contributed by atoms with Gasteiger partial charge < -0.3 is 16.4 Å². The number of guanidine groups is 1. The van der Waals surface area contributed by atoms with E-state index in [1.807, 2.05) is 25.6 Å². The predicted octanol–water partition coefficient (Wildman–Crippen LogP) is 2.63. The van der Waals surface area contributed by atoms with Gasteiger partial charge in [0.05, 0.1) is 22.2 Å². The zero-order valence-corrected chi connectivity index (χ0v) is 15.3. The zero-order chi connectivity index (χ0) is 17.1. The lowest BCUT2D eigenvalue weighted by Gasteiger charge is -2.16. The molecule has 1 fully saturated rings. The van der Waals surface area contributed by atoms with Gasteiger partial charge in [0.15, 0.2) is 0 Å². The molecule has 1 aliphatic heterocycles. The number of nitrogens with two attached hydrogens (primary N) is 2. The molecule has 0 bridgehead atoms. The van der Waals surface area contributed by atoms with E-state index in [2.05, 4.69) is 44.4 Å². The summed E-state index contributed by atoms with van der Waals surface area (Å²) in [5.41, 5.74) is 14.7. The molecule has 0 radical (unpaired) electrons. The molecule has 1 aromatic carbocycles. The second-order valence-electron chi connectivity index (χ2n) is 5.49. The number of anilines is 1. The fourth-order valence-corrected chi connectivity index (χ4v) is 4.46. The van der Waals surface area contributed by atoms with E-state index in [0.29, 0.717) is 0 Å². The first kappa shape index (κ1) is 16.8. The summed E-state index contributed by atoms with van der Waals surface area (Å²) in [6.07, 6.45) is 0. The van der Waals surface area contributed by atoms with Crippen molar-refractivity contribution in [3.05, 3.63) is 34.8 Å². The van der Waals surface area contributed by atoms with Crippen molar-refractivity contribution in [1.82, 2.24) is 4.98 Å². The van der Waals surface area contributed by atoms with Crippen molar-refractivity contribution in [1.29, 1.82) is 0 Å². The van der Waals surface area contributed by atoms with Gasteiger partial charge in [-0.1, -0.05) is 0 Å². The Morgan fingerprint density at radius 2 is 1.96 bits per heavy atom. The average molecular weight is 361 g/mol. The van der Waals surface area contributed by atoms with Gasteiger partial charge in [-0.25, -0.2) is 4.98 Å². The summed E-state index contributed by atoms with van der Waals surface area (Å²) in [6.45, 7) is 4.97. The van der Waals surface area contributed by atoms with Crippen molar-refractivity contribution in [2.45, 2.75) is 13.8 Å². The summed E-state index contributed by atoms with van der Waals surface area (Å²) >= 11 is 3.57. The van der Waals surface area contributed by atoms with Crippen LogP contribution >= 0.6 is 23.1 Å². The summed E-state index contributed by atoms with van der Waals surface area (Å²) in [5, 5.41) is 8.73. The second-order valence-corrected chi connectivity index (χ2v) is 7.57. The van der Waals surface area contributed by atoms with Crippen molar-refractivity contribution in [2.24, 2.45) is 21.7 Å². The van der Waals surface area contributed by atoms with Crippen LogP contribution < -0.4 is 16.4 Å². The fraction of sp³-hybridized carbons (Fsp3) is 0.312. The molecule has 0 atom stereocenters. The second kappa shape index (κ2) is 7.23. The van der Waals surface area contributed by atoms with Gasteiger partial charge in [0.25, 0.3) is 0 Å². The maximum absolute atomic E-state index is 5.32. The fourth-order valence-electron chi connectivity index (χ4n) is 2.47. The minimum absolute atomic E-state index is 0.0487. The van der Waals surface area contributed by atoms with E-state index in [9.17, 15) is 0 Å². The van der Waals surface area contributed by atoms with Crippen LogP contribution in [0.5, 0.6) is 0 Å². The van der Waals surface area contributed by atoms with Gasteiger partial charge in [0.1, 0.15) is 5.01 Å². The van der Waals surface area contributed by atoms with E-state index in [1.165, 1.54) is 11.4 Å². The Kier molecular flexibility index (Phi) is 5.06. The van der Waals surface area contributed by atoms with Gasteiger partial charge in [-0.15, -0.1) is 28.2 Å². The van der Waals surface area contributed by atoms with Gasteiger partial charge in [-0.05, 0) is 38.1 Å². The predicted molar refractivity (Wildman–Crippen MR) is 105 cm³/mol. The molecule has 4 N–H and O–H groups in total. The van der Waals surface area contributed by atoms with Gasteiger partial charge >= 0.3 is 0 Å². The molecule has 0 aliphatic carbocycles. The van der Waals surface area contributed by atoms with Crippen molar-refractivity contribution in [3.8, 4) is 10.6 Å². The number of thioether (sulfide) groups is 1. The molecule has 0 saturated carbocycles. The molecule has 126 valence electrons. The van der Waals surface area contributed by atoms with Crippen molar-refractivity contribution >= 4 is 40.5 Å². The zero-order valence-electron chi connectivity index (χ0n) is 13.7. The summed E-state index contributed by atoms with van der Waals surface area (Å²) in [6, 6.07) is 8.59. The van der Waals surface area contributed by atoms with E-state index in [-0.39, 0.29) is 5.96 Å². The van der Waals surface area contributed by atoms with E-state index < -0.39 is 0 Å². The highest BCUT2D eigenvalue weighted by Gasteiger charge is 2.14. The lowest BCUT2D eigenvalue weighted by molar-refractivity contribution is 0.994. The summed E-state index contributed by atoms with van der Waals surface area (Å²) in [5.74, 6) is 2.22. The molecule has 8 heteroatoms. The van der Waals surface area contributed by atoms with Crippen LogP contribution in [0.25, 0.3) is 10.6 Å². The van der Waals surface area contributed by atoms with E-state index >= 15 is 0 Å². The number of rotatable bonds is 4. The highest BCUT2D eigenvalue weighted by atomic mass is 32.2. The molecule has 0 unspecified atom stereocenters. The average Bonchev–Trinajstić information content (AvgIpc) is 3.22. The minimum atomic E-state index is -0.0487. The van der Waals surface area contributed by atoms with Crippen LogP contribution in [0.15, 0.2) is 34.5 Å². The summed E-state index contributed by atoms with van der Waals surface area (Å²) < 4.78 is 0. The quantitative estimate of drug-likeness (QED) is 0.497. The Bertz CT molecular complexity index is 768. The highest BCUT2D eigenvalue weighted by molar-refractivity contribution is 7.99. The molecule has 1 aliphatic rings. The molecule has 1 aromatic heterocycles. The lowest BCUT2D eigenvalue weighted by Crippen LogP contribution is -2.22. The molecule has 0 spiro atoms. The molecule has 2 heterocycles. The number of nitrogens with zero attached hydrogens (tertiary/aromatic N) is 4. The Balaban J connectivity index is 1.84. The van der Waals surface area contributed by atoms with Crippen LogP contribution in [0, 0.1) is 6.92 Å². The molecule has 2 aromatic rings. The number of benzene rings is 1. The smallest absolute Gasteiger partial charge is 0.211 e. The van der Waals surface area contributed by atoms with Crippen LogP contribution in [0.2, 0.25) is 0 Å². The third kappa shape index (κ3) is 3.70. The Morgan fingerprint density at radius 1 is 1.21 bits per heavy atom. The minimum Gasteiger partial charge on any atom is -0.369 e.